The Labute approximate surface area is 139 Å². The van der Waals surface area contributed by atoms with Crippen LogP contribution in [0.15, 0.2) is 42.5 Å². The molecule has 23 heavy (non-hydrogen) atoms. The highest BCUT2D eigenvalue weighted by Crippen LogP contribution is 2.21. The van der Waals surface area contributed by atoms with Crippen LogP contribution in [0.25, 0.3) is 0 Å². The normalized spacial score (nSPS) is 11.5. The lowest BCUT2D eigenvalue weighted by Gasteiger charge is -2.17. The van der Waals surface area contributed by atoms with Crippen molar-refractivity contribution in [1.82, 2.24) is 4.98 Å². The van der Waals surface area contributed by atoms with Crippen LogP contribution in [0.1, 0.15) is 45.4 Å². The maximum atomic E-state index is 5.83. The van der Waals surface area contributed by atoms with Crippen LogP contribution in [0.5, 0.6) is 11.6 Å². The molecule has 3 heteroatoms. The summed E-state index contributed by atoms with van der Waals surface area (Å²) in [4.78, 5) is 4.50. The third kappa shape index (κ3) is 6.41. The van der Waals surface area contributed by atoms with Crippen LogP contribution in [0.4, 0.5) is 0 Å². The maximum Gasteiger partial charge on any atom is 0.219 e. The van der Waals surface area contributed by atoms with Crippen molar-refractivity contribution < 1.29 is 9.47 Å². The van der Waals surface area contributed by atoms with Gasteiger partial charge in [-0.3, -0.25) is 0 Å². The Kier molecular flexibility index (Phi) is 6.17. The second-order valence-corrected chi connectivity index (χ2v) is 7.02. The smallest absolute Gasteiger partial charge is 0.219 e. The van der Waals surface area contributed by atoms with Crippen LogP contribution in [0, 0.1) is 5.41 Å². The summed E-state index contributed by atoms with van der Waals surface area (Å²) in [5.41, 5.74) is 2.38. The largest absolute Gasteiger partial charge is 0.439 e. The highest BCUT2D eigenvalue weighted by Gasteiger charge is 2.10. The van der Waals surface area contributed by atoms with Gasteiger partial charge in [-0.05, 0) is 35.6 Å². The van der Waals surface area contributed by atoms with E-state index < -0.39 is 0 Å². The van der Waals surface area contributed by atoms with Crippen molar-refractivity contribution in [2.45, 2.75) is 47.1 Å². The van der Waals surface area contributed by atoms with E-state index in [2.05, 4.69) is 44.8 Å². The molecule has 0 aliphatic heterocycles. The van der Waals surface area contributed by atoms with Gasteiger partial charge in [0, 0.05) is 6.07 Å². The molecule has 0 fully saturated rings. The summed E-state index contributed by atoms with van der Waals surface area (Å²) in [6.45, 7) is 9.86. The molecule has 3 nitrogen and oxygen atoms in total. The molecule has 1 heterocycles. The number of benzene rings is 1. The summed E-state index contributed by atoms with van der Waals surface area (Å²) in [5, 5.41) is 0. The minimum Gasteiger partial charge on any atom is -0.439 e. The Morgan fingerprint density at radius 1 is 1.00 bits per heavy atom. The number of hydrogen-bond donors (Lipinski definition) is 0. The van der Waals surface area contributed by atoms with Crippen LogP contribution in [-0.4, -0.2) is 11.6 Å². The Hall–Kier alpha value is -1.87. The lowest BCUT2D eigenvalue weighted by Crippen LogP contribution is -2.14. The van der Waals surface area contributed by atoms with Crippen molar-refractivity contribution in [3.8, 4) is 11.6 Å². The zero-order chi connectivity index (χ0) is 16.7. The van der Waals surface area contributed by atoms with E-state index >= 15 is 0 Å². The van der Waals surface area contributed by atoms with Gasteiger partial charge in [0.15, 0.2) is 0 Å². The highest BCUT2D eigenvalue weighted by atomic mass is 16.5. The first-order valence-corrected chi connectivity index (χ1v) is 8.27. The van der Waals surface area contributed by atoms with E-state index in [9.17, 15) is 0 Å². The average molecular weight is 313 g/mol. The van der Waals surface area contributed by atoms with Crippen molar-refractivity contribution in [3.05, 3.63) is 53.7 Å². The second kappa shape index (κ2) is 8.11. The fourth-order valence-corrected chi connectivity index (χ4v) is 2.19. The molecule has 2 aromatic rings. The molecular formula is C20H27NO2. The molecular weight excluding hydrogens is 286 g/mol. The fourth-order valence-electron chi connectivity index (χ4n) is 2.19. The lowest BCUT2D eigenvalue weighted by atomic mass is 9.99. The summed E-state index contributed by atoms with van der Waals surface area (Å²) in [6, 6.07) is 14.0. The minimum atomic E-state index is 0.161. The van der Waals surface area contributed by atoms with E-state index in [0.29, 0.717) is 19.1 Å². The van der Waals surface area contributed by atoms with Gasteiger partial charge in [-0.25, -0.2) is 4.98 Å². The second-order valence-electron chi connectivity index (χ2n) is 7.02. The number of nitrogens with zero attached hydrogens (tertiary/aromatic N) is 1. The molecule has 0 amide bonds. The van der Waals surface area contributed by atoms with E-state index in [1.807, 2.05) is 30.3 Å². The van der Waals surface area contributed by atoms with E-state index in [0.717, 1.165) is 24.3 Å². The van der Waals surface area contributed by atoms with Gasteiger partial charge >= 0.3 is 0 Å². The molecule has 0 aliphatic carbocycles. The Morgan fingerprint density at radius 3 is 2.39 bits per heavy atom. The van der Waals surface area contributed by atoms with Crippen molar-refractivity contribution in [1.29, 1.82) is 0 Å². The Morgan fingerprint density at radius 2 is 1.74 bits per heavy atom. The molecule has 2 rings (SSSR count). The fraction of sp³-hybridized carbons (Fsp3) is 0.450. The van der Waals surface area contributed by atoms with E-state index in [4.69, 9.17) is 9.47 Å². The van der Waals surface area contributed by atoms with Crippen LogP contribution in [0.2, 0.25) is 0 Å². The van der Waals surface area contributed by atoms with Gasteiger partial charge in [0.25, 0.3) is 0 Å². The molecule has 0 bridgehead atoms. The molecule has 0 unspecified atom stereocenters. The molecule has 0 spiro atoms. The van der Waals surface area contributed by atoms with Crippen LogP contribution >= 0.6 is 0 Å². The number of ether oxygens (including phenoxy) is 2. The van der Waals surface area contributed by atoms with Crippen molar-refractivity contribution >= 4 is 0 Å². The van der Waals surface area contributed by atoms with Gasteiger partial charge in [-0.1, -0.05) is 52.3 Å². The number of hydrogen-bond acceptors (Lipinski definition) is 3. The molecule has 0 radical (unpaired) electrons. The number of aromatic nitrogens is 1. The van der Waals surface area contributed by atoms with Crippen LogP contribution in [-0.2, 0) is 17.8 Å². The third-order valence-corrected chi connectivity index (χ3v) is 3.25. The summed E-state index contributed by atoms with van der Waals surface area (Å²) in [5.74, 6) is 1.41. The van der Waals surface area contributed by atoms with Crippen LogP contribution < -0.4 is 4.74 Å². The van der Waals surface area contributed by atoms with Crippen molar-refractivity contribution in [2.75, 3.05) is 6.61 Å². The van der Waals surface area contributed by atoms with Crippen molar-refractivity contribution in [2.24, 2.45) is 5.41 Å². The first-order chi connectivity index (χ1) is 11.0. The number of rotatable bonds is 7. The zero-order valence-corrected chi connectivity index (χ0v) is 14.6. The SMILES string of the molecule is CCCc1ccc(Oc2cccc(COCC(C)(C)C)n2)cc1. The number of aryl methyl sites for hydroxylation is 1. The predicted octanol–water partition coefficient (Wildman–Crippen LogP) is 5.39. The summed E-state index contributed by atoms with van der Waals surface area (Å²) in [6.07, 6.45) is 2.25. The Bertz CT molecular complexity index is 600. The minimum absolute atomic E-state index is 0.161. The van der Waals surface area contributed by atoms with E-state index in [1.165, 1.54) is 5.56 Å². The van der Waals surface area contributed by atoms with Gasteiger partial charge in [0.1, 0.15) is 5.75 Å². The van der Waals surface area contributed by atoms with Gasteiger partial charge in [0.05, 0.1) is 18.9 Å². The molecule has 1 aromatic heterocycles. The quantitative estimate of drug-likeness (QED) is 0.687. The predicted molar refractivity (Wildman–Crippen MR) is 93.9 cm³/mol. The molecule has 1 aromatic carbocycles. The van der Waals surface area contributed by atoms with E-state index in [-0.39, 0.29) is 5.41 Å². The molecule has 0 saturated carbocycles. The topological polar surface area (TPSA) is 31.4 Å². The maximum absolute atomic E-state index is 5.83. The third-order valence-electron chi connectivity index (χ3n) is 3.25. The van der Waals surface area contributed by atoms with Gasteiger partial charge in [0.2, 0.25) is 5.88 Å². The molecule has 0 N–H and O–H groups in total. The van der Waals surface area contributed by atoms with Crippen LogP contribution in [0.3, 0.4) is 0 Å². The molecule has 0 atom stereocenters. The zero-order valence-electron chi connectivity index (χ0n) is 14.6. The van der Waals surface area contributed by atoms with Gasteiger partial charge in [-0.2, -0.15) is 0 Å². The average Bonchev–Trinajstić information content (AvgIpc) is 2.49. The molecule has 124 valence electrons. The molecule has 0 saturated heterocycles. The number of pyridine rings is 1. The first kappa shape index (κ1) is 17.5. The van der Waals surface area contributed by atoms with E-state index in [1.54, 1.807) is 0 Å². The summed E-state index contributed by atoms with van der Waals surface area (Å²) in [7, 11) is 0. The van der Waals surface area contributed by atoms with Crippen molar-refractivity contribution in [3.63, 3.8) is 0 Å². The first-order valence-electron chi connectivity index (χ1n) is 8.27. The van der Waals surface area contributed by atoms with Gasteiger partial charge < -0.3 is 9.47 Å². The standard InChI is InChI=1S/C20H27NO2/c1-5-7-16-10-12-18(13-11-16)23-19-9-6-8-17(21-19)14-22-15-20(2,3)4/h6,8-13H,5,7,14-15H2,1-4H3. The lowest BCUT2D eigenvalue weighted by molar-refractivity contribution is 0.0579. The summed E-state index contributed by atoms with van der Waals surface area (Å²) < 4.78 is 11.5. The van der Waals surface area contributed by atoms with Gasteiger partial charge in [-0.15, -0.1) is 0 Å². The highest BCUT2D eigenvalue weighted by molar-refractivity contribution is 5.30. The Balaban J connectivity index is 1.94. The monoisotopic (exact) mass is 313 g/mol. The molecule has 0 aliphatic rings. The summed E-state index contributed by atoms with van der Waals surface area (Å²) >= 11 is 0.